The van der Waals surface area contributed by atoms with E-state index in [1.54, 1.807) is 26.0 Å². The number of hydrogen-bond donors (Lipinski definition) is 1. The standard InChI is InChI=1S/C15H22N3O3/c1-5-14-17(6-7-18(14)16)10-11-8-12(19-2)15(21-4)13(9-11)20-3/h6-9H,5,10,16H2,1-4H3/q+1. The second-order valence-electron chi connectivity index (χ2n) is 4.64. The third-order valence-electron chi connectivity index (χ3n) is 3.43. The van der Waals surface area contributed by atoms with E-state index in [0.29, 0.717) is 23.8 Å². The molecule has 2 rings (SSSR count). The molecular formula is C15H22N3O3+. The topological polar surface area (TPSA) is 62.5 Å². The predicted octanol–water partition coefficient (Wildman–Crippen LogP) is 1.13. The van der Waals surface area contributed by atoms with Crippen molar-refractivity contribution in [1.82, 2.24) is 4.68 Å². The van der Waals surface area contributed by atoms with Crippen LogP contribution in [0.4, 0.5) is 0 Å². The fourth-order valence-electron chi connectivity index (χ4n) is 2.43. The molecule has 2 N–H and O–H groups in total. The van der Waals surface area contributed by atoms with Crippen LogP contribution in [0.1, 0.15) is 18.3 Å². The second-order valence-corrected chi connectivity index (χ2v) is 4.64. The Morgan fingerprint density at radius 2 is 1.71 bits per heavy atom. The Balaban J connectivity index is 2.40. The molecule has 0 saturated carbocycles. The summed E-state index contributed by atoms with van der Waals surface area (Å²) in [5, 5.41) is 0. The number of rotatable bonds is 6. The first-order valence-corrected chi connectivity index (χ1v) is 6.78. The molecule has 1 aromatic heterocycles. The number of nitrogens with two attached hydrogens (primary N) is 1. The van der Waals surface area contributed by atoms with Gasteiger partial charge in [-0.15, -0.1) is 4.68 Å². The third-order valence-corrected chi connectivity index (χ3v) is 3.43. The molecule has 0 unspecified atom stereocenters. The average Bonchev–Trinajstić information content (AvgIpc) is 2.85. The first-order chi connectivity index (χ1) is 10.1. The maximum absolute atomic E-state index is 5.89. The van der Waals surface area contributed by atoms with Crippen LogP contribution in [-0.2, 0) is 13.0 Å². The van der Waals surface area contributed by atoms with Crippen molar-refractivity contribution in [2.45, 2.75) is 19.9 Å². The minimum Gasteiger partial charge on any atom is -0.493 e. The Bertz CT molecular complexity index is 598. The normalized spacial score (nSPS) is 10.5. The lowest BCUT2D eigenvalue weighted by atomic mass is 10.1. The highest BCUT2D eigenvalue weighted by atomic mass is 16.5. The van der Waals surface area contributed by atoms with Gasteiger partial charge in [0, 0.05) is 12.0 Å². The molecule has 0 aliphatic rings. The van der Waals surface area contributed by atoms with Gasteiger partial charge in [-0.25, -0.2) is 4.57 Å². The van der Waals surface area contributed by atoms with Crippen molar-refractivity contribution in [2.75, 3.05) is 27.2 Å². The van der Waals surface area contributed by atoms with E-state index in [4.69, 9.17) is 20.1 Å². The SMILES string of the molecule is CCc1n(N)cc[n+]1Cc1cc(OC)c(OC)c(OC)c1. The number of aromatic nitrogens is 2. The lowest BCUT2D eigenvalue weighted by Gasteiger charge is -2.13. The number of nitrogens with zero attached hydrogens (tertiary/aromatic N) is 2. The number of methoxy groups -OCH3 is 3. The van der Waals surface area contributed by atoms with Crippen LogP contribution in [0.15, 0.2) is 24.5 Å². The molecule has 1 aromatic carbocycles. The van der Waals surface area contributed by atoms with Crippen LogP contribution in [0.3, 0.4) is 0 Å². The van der Waals surface area contributed by atoms with Crippen molar-refractivity contribution in [3.8, 4) is 17.2 Å². The van der Waals surface area contributed by atoms with Gasteiger partial charge < -0.3 is 14.2 Å². The number of imidazole rings is 1. The monoisotopic (exact) mass is 292 g/mol. The molecule has 1 heterocycles. The van der Waals surface area contributed by atoms with Gasteiger partial charge in [0.2, 0.25) is 5.75 Å². The van der Waals surface area contributed by atoms with Crippen LogP contribution in [0.5, 0.6) is 17.2 Å². The summed E-state index contributed by atoms with van der Waals surface area (Å²) in [7, 11) is 4.82. The van der Waals surface area contributed by atoms with Crippen molar-refractivity contribution in [3.05, 3.63) is 35.9 Å². The molecule has 6 nitrogen and oxygen atoms in total. The van der Waals surface area contributed by atoms with Gasteiger partial charge in [0.05, 0.1) is 21.3 Å². The van der Waals surface area contributed by atoms with Crippen LogP contribution >= 0.6 is 0 Å². The van der Waals surface area contributed by atoms with E-state index in [9.17, 15) is 0 Å². The number of ether oxygens (including phenoxy) is 3. The summed E-state index contributed by atoms with van der Waals surface area (Å²) < 4.78 is 19.8. The second kappa shape index (κ2) is 6.39. The minimum absolute atomic E-state index is 0.598. The largest absolute Gasteiger partial charge is 0.493 e. The van der Waals surface area contributed by atoms with Crippen molar-refractivity contribution in [2.24, 2.45) is 0 Å². The molecule has 0 amide bonds. The molecule has 114 valence electrons. The molecule has 0 bridgehead atoms. The van der Waals surface area contributed by atoms with E-state index in [-0.39, 0.29) is 0 Å². The summed E-state index contributed by atoms with van der Waals surface area (Å²) in [6, 6.07) is 3.89. The van der Waals surface area contributed by atoms with E-state index in [1.807, 2.05) is 24.5 Å². The lowest BCUT2D eigenvalue weighted by molar-refractivity contribution is -0.695. The Morgan fingerprint density at radius 1 is 1.10 bits per heavy atom. The Kier molecular flexibility index (Phi) is 4.57. The maximum Gasteiger partial charge on any atom is 0.279 e. The molecule has 0 radical (unpaired) electrons. The zero-order valence-corrected chi connectivity index (χ0v) is 12.9. The van der Waals surface area contributed by atoms with Gasteiger partial charge in [0.25, 0.3) is 5.82 Å². The highest BCUT2D eigenvalue weighted by Gasteiger charge is 2.17. The number of hydrogen-bond acceptors (Lipinski definition) is 4. The fourth-order valence-corrected chi connectivity index (χ4v) is 2.43. The smallest absolute Gasteiger partial charge is 0.279 e. The Morgan fingerprint density at radius 3 is 2.19 bits per heavy atom. The molecule has 6 heteroatoms. The van der Waals surface area contributed by atoms with Crippen LogP contribution in [-0.4, -0.2) is 26.0 Å². The molecule has 0 spiro atoms. The fraction of sp³-hybridized carbons (Fsp3) is 0.400. The van der Waals surface area contributed by atoms with Crippen molar-refractivity contribution in [3.63, 3.8) is 0 Å². The third kappa shape index (κ3) is 2.89. The van der Waals surface area contributed by atoms with Crippen molar-refractivity contribution < 1.29 is 18.8 Å². The van der Waals surface area contributed by atoms with E-state index < -0.39 is 0 Å². The van der Waals surface area contributed by atoms with Crippen molar-refractivity contribution in [1.29, 1.82) is 0 Å². The molecule has 0 atom stereocenters. The van der Waals surface area contributed by atoms with Gasteiger partial charge >= 0.3 is 0 Å². The van der Waals surface area contributed by atoms with Crippen molar-refractivity contribution >= 4 is 0 Å². The van der Waals surface area contributed by atoms with Gasteiger partial charge in [-0.3, -0.25) is 5.84 Å². The molecule has 0 saturated heterocycles. The van der Waals surface area contributed by atoms with Crippen LogP contribution in [0.2, 0.25) is 0 Å². The van der Waals surface area contributed by atoms with Gasteiger partial charge in [-0.2, -0.15) is 0 Å². The summed E-state index contributed by atoms with van der Waals surface area (Å²) in [5.41, 5.74) is 1.05. The van der Waals surface area contributed by atoms with E-state index in [1.165, 1.54) is 0 Å². The summed E-state index contributed by atoms with van der Waals surface area (Å²) in [5.74, 6) is 8.83. The summed E-state index contributed by atoms with van der Waals surface area (Å²) in [4.78, 5) is 0. The quantitative estimate of drug-likeness (QED) is 0.640. The van der Waals surface area contributed by atoms with E-state index in [2.05, 4.69) is 11.5 Å². The molecule has 0 aliphatic carbocycles. The molecular weight excluding hydrogens is 270 g/mol. The van der Waals surface area contributed by atoms with Gasteiger partial charge in [0.15, 0.2) is 17.7 Å². The van der Waals surface area contributed by atoms with Gasteiger partial charge in [-0.05, 0) is 12.1 Å². The highest BCUT2D eigenvalue weighted by Crippen LogP contribution is 2.38. The first kappa shape index (κ1) is 15.0. The minimum atomic E-state index is 0.598. The summed E-state index contributed by atoms with van der Waals surface area (Å²) >= 11 is 0. The number of benzene rings is 1. The van der Waals surface area contributed by atoms with E-state index >= 15 is 0 Å². The van der Waals surface area contributed by atoms with Gasteiger partial charge in [0.1, 0.15) is 12.7 Å². The summed E-state index contributed by atoms with van der Waals surface area (Å²) in [6.07, 6.45) is 4.66. The zero-order valence-electron chi connectivity index (χ0n) is 12.9. The maximum atomic E-state index is 5.89. The molecule has 21 heavy (non-hydrogen) atoms. The first-order valence-electron chi connectivity index (χ1n) is 6.78. The van der Waals surface area contributed by atoms with E-state index in [0.717, 1.165) is 17.8 Å². The molecule has 2 aromatic rings. The molecule has 0 aliphatic heterocycles. The van der Waals surface area contributed by atoms with Crippen LogP contribution < -0.4 is 24.6 Å². The van der Waals surface area contributed by atoms with Crippen LogP contribution in [0.25, 0.3) is 0 Å². The molecule has 0 fully saturated rings. The van der Waals surface area contributed by atoms with Crippen LogP contribution in [0, 0.1) is 0 Å². The average molecular weight is 292 g/mol. The highest BCUT2D eigenvalue weighted by molar-refractivity contribution is 5.53. The Labute approximate surface area is 124 Å². The summed E-state index contributed by atoms with van der Waals surface area (Å²) in [6.45, 7) is 2.76. The lowest BCUT2D eigenvalue weighted by Crippen LogP contribution is -2.38. The predicted molar refractivity (Wildman–Crippen MR) is 79.4 cm³/mol. The van der Waals surface area contributed by atoms with Gasteiger partial charge in [-0.1, -0.05) is 6.92 Å². The Hall–Kier alpha value is -2.37. The zero-order chi connectivity index (χ0) is 15.4. The number of nitrogen functional groups attached to an aromatic ring is 1.